The third-order valence-corrected chi connectivity index (χ3v) is 5.15. The van der Waals surface area contributed by atoms with Crippen LogP contribution < -0.4 is 0 Å². The van der Waals surface area contributed by atoms with Gasteiger partial charge < -0.3 is 19.6 Å². The number of carbonyl (C=O) groups excluding carboxylic acids is 2. The minimum Gasteiger partial charge on any atom is -0.480 e. The first kappa shape index (κ1) is 20.3. The molecule has 2 atom stereocenters. The predicted octanol–water partition coefficient (Wildman–Crippen LogP) is 0.279. The van der Waals surface area contributed by atoms with Gasteiger partial charge in [-0.2, -0.15) is 0 Å². The molecule has 2 fully saturated rings. The van der Waals surface area contributed by atoms with Gasteiger partial charge in [-0.05, 0) is 12.6 Å². The predicted molar refractivity (Wildman–Crippen MR) is 101 cm³/mol. The number of aliphatic carboxylic acids is 1. The van der Waals surface area contributed by atoms with Crippen molar-refractivity contribution in [3.8, 4) is 0 Å². The van der Waals surface area contributed by atoms with E-state index in [-0.39, 0.29) is 36.8 Å². The van der Waals surface area contributed by atoms with E-state index in [9.17, 15) is 14.4 Å². The number of nitrogens with zero attached hydrogens (tertiary/aromatic N) is 3. The molecule has 0 spiro atoms. The van der Waals surface area contributed by atoms with Crippen LogP contribution in [0.4, 0.5) is 0 Å². The van der Waals surface area contributed by atoms with Crippen LogP contribution in [0.1, 0.15) is 12.0 Å². The molecule has 8 nitrogen and oxygen atoms in total. The van der Waals surface area contributed by atoms with Gasteiger partial charge in [0.2, 0.25) is 11.8 Å². The van der Waals surface area contributed by atoms with Gasteiger partial charge in [-0.15, -0.1) is 0 Å². The molecule has 0 radical (unpaired) electrons. The quantitative estimate of drug-likeness (QED) is 0.720. The van der Waals surface area contributed by atoms with Gasteiger partial charge in [-0.25, -0.2) is 0 Å². The molecule has 2 amide bonds. The number of carboxylic acids is 1. The van der Waals surface area contributed by atoms with E-state index in [4.69, 9.17) is 9.84 Å². The van der Waals surface area contributed by atoms with Crippen LogP contribution >= 0.6 is 0 Å². The van der Waals surface area contributed by atoms with Crippen molar-refractivity contribution in [2.24, 2.45) is 5.92 Å². The first-order valence-corrected chi connectivity index (χ1v) is 9.55. The van der Waals surface area contributed by atoms with Crippen molar-refractivity contribution in [1.29, 1.82) is 0 Å². The molecule has 1 aromatic rings. The van der Waals surface area contributed by atoms with Gasteiger partial charge in [0.1, 0.15) is 0 Å². The summed E-state index contributed by atoms with van der Waals surface area (Å²) in [6.45, 7) is 2.68. The van der Waals surface area contributed by atoms with Crippen LogP contribution in [0, 0.1) is 5.92 Å². The van der Waals surface area contributed by atoms with Crippen molar-refractivity contribution in [2.75, 3.05) is 46.4 Å². The molecule has 0 aliphatic carbocycles. The van der Waals surface area contributed by atoms with E-state index < -0.39 is 5.97 Å². The molecule has 0 bridgehead atoms. The molecular weight excluding hydrogens is 362 g/mol. The number of ether oxygens (including phenoxy) is 1. The lowest BCUT2D eigenvalue weighted by molar-refractivity contribution is -0.145. The van der Waals surface area contributed by atoms with Crippen molar-refractivity contribution >= 4 is 17.8 Å². The topological polar surface area (TPSA) is 90.4 Å². The van der Waals surface area contributed by atoms with Crippen molar-refractivity contribution in [1.82, 2.24) is 14.7 Å². The molecule has 3 rings (SSSR count). The van der Waals surface area contributed by atoms with E-state index in [0.29, 0.717) is 39.3 Å². The second kappa shape index (κ2) is 9.16. The number of amides is 2. The molecular formula is C20H27N3O5. The average Bonchev–Trinajstić information content (AvgIpc) is 3.02. The molecule has 1 N–H and O–H groups in total. The maximum Gasteiger partial charge on any atom is 0.317 e. The molecule has 28 heavy (non-hydrogen) atoms. The lowest BCUT2D eigenvalue weighted by atomic mass is 10.1. The largest absolute Gasteiger partial charge is 0.480 e. The number of carbonyl (C=O) groups is 3. The van der Waals surface area contributed by atoms with E-state index >= 15 is 0 Å². The fourth-order valence-corrected chi connectivity index (χ4v) is 3.83. The molecule has 8 heteroatoms. The second-order valence-corrected chi connectivity index (χ2v) is 7.53. The number of rotatable bonds is 7. The molecule has 2 heterocycles. The van der Waals surface area contributed by atoms with E-state index in [0.717, 1.165) is 5.56 Å². The molecule has 2 aliphatic rings. The maximum atomic E-state index is 12.9. The van der Waals surface area contributed by atoms with Crippen LogP contribution in [-0.2, 0) is 25.7 Å². The third-order valence-electron chi connectivity index (χ3n) is 5.15. The van der Waals surface area contributed by atoms with Gasteiger partial charge in [0, 0.05) is 39.1 Å². The van der Waals surface area contributed by atoms with Gasteiger partial charge in [-0.3, -0.25) is 19.3 Å². The zero-order valence-corrected chi connectivity index (χ0v) is 16.1. The highest BCUT2D eigenvalue weighted by molar-refractivity contribution is 5.89. The highest BCUT2D eigenvalue weighted by Gasteiger charge is 2.38. The number of benzene rings is 1. The number of likely N-dealkylation sites (N-methyl/N-ethyl adjacent to an activating group) is 1. The Balaban J connectivity index is 1.53. The normalized spacial score (nSPS) is 22.7. The Hall–Kier alpha value is -2.45. The van der Waals surface area contributed by atoms with Crippen molar-refractivity contribution in [2.45, 2.75) is 19.1 Å². The Morgan fingerprint density at radius 1 is 1.25 bits per heavy atom. The summed E-state index contributed by atoms with van der Waals surface area (Å²) < 4.78 is 5.69. The molecule has 0 unspecified atom stereocenters. The van der Waals surface area contributed by atoms with Gasteiger partial charge in [0.25, 0.3) is 0 Å². The van der Waals surface area contributed by atoms with Gasteiger partial charge in [0.15, 0.2) is 0 Å². The smallest absolute Gasteiger partial charge is 0.317 e. The Morgan fingerprint density at radius 3 is 2.71 bits per heavy atom. The molecule has 0 aromatic heterocycles. The summed E-state index contributed by atoms with van der Waals surface area (Å²) in [6, 6.07) is 9.76. The number of likely N-dealkylation sites (tertiary alicyclic amines) is 1. The first-order valence-electron chi connectivity index (χ1n) is 9.55. The van der Waals surface area contributed by atoms with E-state index in [1.54, 1.807) is 21.7 Å². The van der Waals surface area contributed by atoms with Crippen molar-refractivity contribution < 1.29 is 24.2 Å². The Bertz CT molecular complexity index is 711. The summed E-state index contributed by atoms with van der Waals surface area (Å²) in [5, 5.41) is 8.87. The summed E-state index contributed by atoms with van der Waals surface area (Å²) in [5.41, 5.74) is 1.05. The Labute approximate surface area is 164 Å². The fraction of sp³-hybridized carbons (Fsp3) is 0.550. The van der Waals surface area contributed by atoms with Crippen LogP contribution in [0.25, 0.3) is 0 Å². The average molecular weight is 389 g/mol. The fourth-order valence-electron chi connectivity index (χ4n) is 3.83. The standard InChI is InChI=1S/C20H27N3O5/c1-21(14-19(25)26)12-17-13-22(7-8-28-17)20(27)16-9-18(24)23(11-16)10-15-5-3-2-4-6-15/h2-6,16-17H,7-14H2,1H3,(H,25,26)/t16-,17-/m1/s1. The Morgan fingerprint density at radius 2 is 2.00 bits per heavy atom. The summed E-state index contributed by atoms with van der Waals surface area (Å²) in [5.74, 6) is -1.23. The molecule has 152 valence electrons. The first-order chi connectivity index (χ1) is 13.4. The number of hydrogen-bond donors (Lipinski definition) is 1. The molecule has 2 aliphatic heterocycles. The number of morpholine rings is 1. The maximum absolute atomic E-state index is 12.9. The second-order valence-electron chi connectivity index (χ2n) is 7.53. The molecule has 2 saturated heterocycles. The number of hydrogen-bond acceptors (Lipinski definition) is 5. The summed E-state index contributed by atoms with van der Waals surface area (Å²) in [4.78, 5) is 41.3. The van der Waals surface area contributed by atoms with Crippen LogP contribution in [0.15, 0.2) is 30.3 Å². The zero-order chi connectivity index (χ0) is 20.1. The number of carboxylic acid groups (broad SMARTS) is 1. The minimum absolute atomic E-state index is 0.00760. The van der Waals surface area contributed by atoms with Gasteiger partial charge in [0.05, 0.1) is 25.2 Å². The van der Waals surface area contributed by atoms with Crippen molar-refractivity contribution in [3.05, 3.63) is 35.9 Å². The summed E-state index contributed by atoms with van der Waals surface area (Å²) >= 11 is 0. The highest BCUT2D eigenvalue weighted by atomic mass is 16.5. The van der Waals surface area contributed by atoms with Crippen LogP contribution in [-0.4, -0.2) is 90.1 Å². The monoisotopic (exact) mass is 389 g/mol. The Kier molecular flexibility index (Phi) is 6.64. The van der Waals surface area contributed by atoms with E-state index in [1.165, 1.54) is 0 Å². The van der Waals surface area contributed by atoms with Crippen LogP contribution in [0.3, 0.4) is 0 Å². The van der Waals surface area contributed by atoms with Crippen LogP contribution in [0.2, 0.25) is 0 Å². The third kappa shape index (κ3) is 5.30. The lowest BCUT2D eigenvalue weighted by Gasteiger charge is -2.35. The zero-order valence-electron chi connectivity index (χ0n) is 16.1. The van der Waals surface area contributed by atoms with Gasteiger partial charge in [-0.1, -0.05) is 30.3 Å². The minimum atomic E-state index is -0.894. The lowest BCUT2D eigenvalue weighted by Crippen LogP contribution is -2.51. The summed E-state index contributed by atoms with van der Waals surface area (Å²) in [7, 11) is 1.72. The van der Waals surface area contributed by atoms with Crippen LogP contribution in [0.5, 0.6) is 0 Å². The van der Waals surface area contributed by atoms with E-state index in [2.05, 4.69) is 0 Å². The summed E-state index contributed by atoms with van der Waals surface area (Å²) in [6.07, 6.45) is 0.0201. The molecule has 0 saturated carbocycles. The van der Waals surface area contributed by atoms with Gasteiger partial charge >= 0.3 is 5.97 Å². The molecule has 1 aromatic carbocycles. The van der Waals surface area contributed by atoms with E-state index in [1.807, 2.05) is 30.3 Å². The van der Waals surface area contributed by atoms with Crippen molar-refractivity contribution in [3.63, 3.8) is 0 Å². The highest BCUT2D eigenvalue weighted by Crippen LogP contribution is 2.23. The SMILES string of the molecule is CN(CC(=O)O)C[C@@H]1CN(C(=O)[C@@H]2CC(=O)N(Cc3ccccc3)C2)CCO1.